The molecular formula is C62H122N2. The molecule has 0 aliphatic carbocycles. The Labute approximate surface area is 406 Å². The predicted molar refractivity (Wildman–Crippen MR) is 297 cm³/mol. The van der Waals surface area contributed by atoms with Gasteiger partial charge in [-0.15, -0.1) is 0 Å². The monoisotopic (exact) mass is 895 g/mol. The second-order valence-corrected chi connectivity index (χ2v) is 20.5. The minimum Gasteiger partial charge on any atom is -0.330 e. The fraction of sp³-hybridized carbons (Fsp3) is 0.871. The maximum absolute atomic E-state index is 6.02. The van der Waals surface area contributed by atoms with E-state index in [2.05, 4.69) is 95.3 Å². The first-order chi connectivity index (χ1) is 31.5. The number of hydrogen-bond acceptors (Lipinski definition) is 2. The van der Waals surface area contributed by atoms with Gasteiger partial charge >= 0.3 is 0 Å². The first-order valence-corrected chi connectivity index (χ1v) is 29.5. The summed E-state index contributed by atoms with van der Waals surface area (Å²) in [6.45, 7) is 11.3. The van der Waals surface area contributed by atoms with Crippen molar-refractivity contribution in [3.63, 3.8) is 0 Å². The molecule has 0 radical (unpaired) electrons. The Morgan fingerprint density at radius 1 is 0.297 bits per heavy atom. The molecule has 2 atom stereocenters. The molecule has 0 aliphatic rings. The largest absolute Gasteiger partial charge is 0.330 e. The van der Waals surface area contributed by atoms with Crippen LogP contribution < -0.4 is 5.73 Å². The number of nitrogens with two attached hydrogens (primary N) is 1. The number of hydrogen-bond donors (Lipinski definition) is 1. The third kappa shape index (κ3) is 58.9. The van der Waals surface area contributed by atoms with E-state index in [4.69, 9.17) is 5.73 Å². The van der Waals surface area contributed by atoms with E-state index in [-0.39, 0.29) is 0 Å². The lowest BCUT2D eigenvalue weighted by atomic mass is 9.93. The summed E-state index contributed by atoms with van der Waals surface area (Å²) in [6.07, 6.45) is 79.7. The number of unbranched alkanes of at least 4 members (excludes halogenated alkanes) is 32. The molecule has 0 heterocycles. The Kier molecular flexibility index (Phi) is 60.8. The fourth-order valence-electron chi connectivity index (χ4n) is 9.20. The molecule has 0 aromatic rings. The molecule has 2 nitrogen and oxygen atoms in total. The van der Waals surface area contributed by atoms with Crippen molar-refractivity contribution in [2.24, 2.45) is 17.6 Å². The molecule has 0 aromatic heterocycles. The van der Waals surface area contributed by atoms with Gasteiger partial charge in [-0.25, -0.2) is 0 Å². The van der Waals surface area contributed by atoms with Gasteiger partial charge in [-0.2, -0.15) is 0 Å². The van der Waals surface area contributed by atoms with Gasteiger partial charge in [-0.05, 0) is 122 Å². The zero-order valence-corrected chi connectivity index (χ0v) is 45.3. The summed E-state index contributed by atoms with van der Waals surface area (Å²) in [5.41, 5.74) is 6.02. The normalized spacial score (nSPS) is 13.1. The zero-order chi connectivity index (χ0) is 46.9. The number of nitrogens with zero attached hydrogens (tertiary/aromatic N) is 1. The molecule has 0 saturated heterocycles. The van der Waals surface area contributed by atoms with E-state index >= 15 is 0 Å². The van der Waals surface area contributed by atoms with Gasteiger partial charge in [0.2, 0.25) is 0 Å². The quantitative estimate of drug-likeness (QED) is 0.0487. The maximum atomic E-state index is 6.02. The molecule has 0 aliphatic heterocycles. The van der Waals surface area contributed by atoms with Gasteiger partial charge in [0.05, 0.1) is 0 Å². The highest BCUT2D eigenvalue weighted by molar-refractivity contribution is 4.93. The predicted octanol–water partition coefficient (Wildman–Crippen LogP) is 21.2. The zero-order valence-electron chi connectivity index (χ0n) is 45.3. The number of allylic oxidation sites excluding steroid dienone is 8. The molecule has 0 amide bonds. The average molecular weight is 896 g/mol. The average Bonchev–Trinajstić information content (AvgIpc) is 3.29. The minimum absolute atomic E-state index is 0.786. The fourth-order valence-corrected chi connectivity index (χ4v) is 9.20. The molecule has 0 fully saturated rings. The van der Waals surface area contributed by atoms with Crippen LogP contribution in [0.2, 0.25) is 0 Å². The van der Waals surface area contributed by atoms with Gasteiger partial charge in [0, 0.05) is 6.54 Å². The van der Waals surface area contributed by atoms with Gasteiger partial charge in [-0.3, -0.25) is 0 Å². The van der Waals surface area contributed by atoms with Crippen molar-refractivity contribution in [2.75, 3.05) is 27.2 Å². The highest BCUT2D eigenvalue weighted by Crippen LogP contribution is 2.21. The molecule has 0 bridgehead atoms. The van der Waals surface area contributed by atoms with Crippen LogP contribution >= 0.6 is 0 Å². The topological polar surface area (TPSA) is 29.3 Å². The standard InChI is InChI=1S/C32H63N.C30H59N/c1-5-7-9-11-13-14-15-16-17-18-19-20-21-22-24-26-28-30-32(31-33(3)4)29-27-25-23-12-10-8-6-2;1-3-5-7-9-11-12-13-14-15-16-17-18-19-20-22-24-26-28-30(29-31)27-25-23-21-10-8-6-4-2/h13-14,16-17,32H,5-12,15,18-31H2,1-4H3;11-12,14-15,30H,3-10,13,16-29,31H2,1-2H3/b14-13-,17-16-;12-11-,15-14-. The van der Waals surface area contributed by atoms with Gasteiger partial charge in [-0.1, -0.05) is 269 Å². The molecule has 2 unspecified atom stereocenters. The van der Waals surface area contributed by atoms with Crippen LogP contribution in [0.1, 0.15) is 310 Å². The van der Waals surface area contributed by atoms with Crippen molar-refractivity contribution in [2.45, 2.75) is 310 Å². The van der Waals surface area contributed by atoms with Crippen molar-refractivity contribution in [3.8, 4) is 0 Å². The Morgan fingerprint density at radius 3 is 0.812 bits per heavy atom. The first kappa shape index (κ1) is 65.0. The van der Waals surface area contributed by atoms with Gasteiger partial charge in [0.1, 0.15) is 0 Å². The minimum atomic E-state index is 0.786. The van der Waals surface area contributed by atoms with Crippen molar-refractivity contribution >= 4 is 0 Å². The SMILES string of the molecule is CCCCC/C=C\C/C=C\CCCCCCCCCC(CCCCCCCCC)CN(C)C.CCCCC/C=C\C/C=C\CCCCCCCCCC(CN)CCCCCCCCC. The van der Waals surface area contributed by atoms with Gasteiger partial charge in [0.25, 0.3) is 0 Å². The summed E-state index contributed by atoms with van der Waals surface area (Å²) in [5, 5.41) is 0. The van der Waals surface area contributed by atoms with Crippen molar-refractivity contribution in [1.29, 1.82) is 0 Å². The van der Waals surface area contributed by atoms with Crippen molar-refractivity contribution < 1.29 is 0 Å². The third-order valence-electron chi connectivity index (χ3n) is 13.5. The Hall–Kier alpha value is -1.12. The van der Waals surface area contributed by atoms with E-state index in [0.29, 0.717) is 0 Å². The van der Waals surface area contributed by atoms with Crippen LogP contribution in [0.25, 0.3) is 0 Å². The van der Waals surface area contributed by atoms with Crippen LogP contribution in [0.5, 0.6) is 0 Å². The maximum Gasteiger partial charge on any atom is 0.000356 e. The molecule has 0 saturated carbocycles. The molecule has 0 spiro atoms. The van der Waals surface area contributed by atoms with Crippen LogP contribution in [0, 0.1) is 11.8 Å². The van der Waals surface area contributed by atoms with E-state index < -0.39 is 0 Å². The summed E-state index contributed by atoms with van der Waals surface area (Å²) in [6, 6.07) is 0. The van der Waals surface area contributed by atoms with Crippen LogP contribution in [-0.4, -0.2) is 32.1 Å². The summed E-state index contributed by atoms with van der Waals surface area (Å²) in [4.78, 5) is 2.41. The third-order valence-corrected chi connectivity index (χ3v) is 13.5. The lowest BCUT2D eigenvalue weighted by Gasteiger charge is -2.21. The smallest absolute Gasteiger partial charge is 0.000356 e. The molecule has 64 heavy (non-hydrogen) atoms. The Balaban J connectivity index is 0. The van der Waals surface area contributed by atoms with E-state index in [0.717, 1.165) is 31.2 Å². The summed E-state index contributed by atoms with van der Waals surface area (Å²) < 4.78 is 0. The lowest BCUT2D eigenvalue weighted by molar-refractivity contribution is 0.286. The van der Waals surface area contributed by atoms with Crippen LogP contribution in [-0.2, 0) is 0 Å². The van der Waals surface area contributed by atoms with Crippen molar-refractivity contribution in [3.05, 3.63) is 48.6 Å². The molecule has 380 valence electrons. The molecule has 2 N–H and O–H groups in total. The Morgan fingerprint density at radius 2 is 0.531 bits per heavy atom. The molecule has 2 heteroatoms. The van der Waals surface area contributed by atoms with E-state index in [1.54, 1.807) is 0 Å². The van der Waals surface area contributed by atoms with E-state index in [1.165, 1.54) is 276 Å². The lowest BCUT2D eigenvalue weighted by Crippen LogP contribution is -2.21. The summed E-state index contributed by atoms with van der Waals surface area (Å²) in [5.74, 6) is 1.71. The second-order valence-electron chi connectivity index (χ2n) is 20.5. The highest BCUT2D eigenvalue weighted by Gasteiger charge is 2.10. The Bertz CT molecular complexity index is 929. The molecular weight excluding hydrogens is 773 g/mol. The molecule has 0 aromatic carbocycles. The van der Waals surface area contributed by atoms with Crippen LogP contribution in [0.3, 0.4) is 0 Å². The second kappa shape index (κ2) is 59.9. The van der Waals surface area contributed by atoms with E-state index in [1.807, 2.05) is 0 Å². The van der Waals surface area contributed by atoms with Crippen LogP contribution in [0.15, 0.2) is 48.6 Å². The van der Waals surface area contributed by atoms with Gasteiger partial charge in [0.15, 0.2) is 0 Å². The first-order valence-electron chi connectivity index (χ1n) is 29.5. The van der Waals surface area contributed by atoms with E-state index in [9.17, 15) is 0 Å². The molecule has 0 rings (SSSR count). The van der Waals surface area contributed by atoms with Gasteiger partial charge < -0.3 is 10.6 Å². The summed E-state index contributed by atoms with van der Waals surface area (Å²) in [7, 11) is 4.50. The van der Waals surface area contributed by atoms with Crippen molar-refractivity contribution in [1.82, 2.24) is 4.90 Å². The highest BCUT2D eigenvalue weighted by atomic mass is 15.1. The number of rotatable bonds is 51. The summed E-state index contributed by atoms with van der Waals surface area (Å²) >= 11 is 0. The van der Waals surface area contributed by atoms with Crippen LogP contribution in [0.4, 0.5) is 0 Å².